The molecule has 1 aliphatic carbocycles. The van der Waals surface area contributed by atoms with Crippen LogP contribution in [0.25, 0.3) is 11.2 Å². The zero-order valence-corrected chi connectivity index (χ0v) is 18.7. The molecule has 168 valence electrons. The first-order chi connectivity index (χ1) is 15.1. The summed E-state index contributed by atoms with van der Waals surface area (Å²) >= 11 is 6.52. The van der Waals surface area contributed by atoms with Crippen LogP contribution in [-0.2, 0) is 0 Å². The van der Waals surface area contributed by atoms with Crippen LogP contribution in [0.15, 0.2) is 0 Å². The summed E-state index contributed by atoms with van der Waals surface area (Å²) in [6, 6.07) is 0. The van der Waals surface area contributed by atoms with Crippen molar-refractivity contribution in [3.63, 3.8) is 0 Å². The van der Waals surface area contributed by atoms with E-state index in [0.717, 1.165) is 83.6 Å². The summed E-state index contributed by atoms with van der Waals surface area (Å²) in [5.74, 6) is 2.00. The Labute approximate surface area is 187 Å². The summed E-state index contributed by atoms with van der Waals surface area (Å²) in [6.07, 6.45) is 7.18. The van der Waals surface area contributed by atoms with E-state index in [1.807, 2.05) is 0 Å². The van der Waals surface area contributed by atoms with Crippen LogP contribution in [0, 0.1) is 0 Å². The van der Waals surface area contributed by atoms with Gasteiger partial charge in [0.1, 0.15) is 0 Å². The second kappa shape index (κ2) is 8.88. The Morgan fingerprint density at radius 1 is 0.903 bits per heavy atom. The molecule has 1 saturated carbocycles. The monoisotopic (exact) mass is 446 g/mol. The number of hydrogen-bond acceptors (Lipinski definition) is 9. The number of anilines is 3. The summed E-state index contributed by atoms with van der Waals surface area (Å²) < 4.78 is 0. The molecule has 3 aliphatic rings. The highest BCUT2D eigenvalue weighted by Gasteiger charge is 2.30. The first kappa shape index (κ1) is 20.9. The Morgan fingerprint density at radius 3 is 2.39 bits per heavy atom. The molecule has 2 aromatic rings. The Kier molecular flexibility index (Phi) is 5.99. The van der Waals surface area contributed by atoms with Crippen molar-refractivity contribution in [2.75, 3.05) is 60.9 Å². The third kappa shape index (κ3) is 4.49. The topological polar surface area (TPSA) is 102 Å². The summed E-state index contributed by atoms with van der Waals surface area (Å²) in [6.45, 7) is 5.89. The normalized spacial score (nSPS) is 21.6. The van der Waals surface area contributed by atoms with Crippen molar-refractivity contribution in [2.45, 2.75) is 50.5 Å². The molecule has 3 N–H and O–H groups in total. The maximum atomic E-state index is 10.8. The number of rotatable bonds is 5. The van der Waals surface area contributed by atoms with E-state index in [1.54, 1.807) is 0 Å². The number of fused-ring (bicyclic) bond motifs is 1. The quantitative estimate of drug-likeness (QED) is 0.637. The largest absolute Gasteiger partial charge is 0.388 e. The van der Waals surface area contributed by atoms with Crippen molar-refractivity contribution in [1.82, 2.24) is 25.3 Å². The Bertz CT molecular complexity index is 923. The molecule has 31 heavy (non-hydrogen) atoms. The number of hydrogen-bond donors (Lipinski definition) is 3. The molecule has 0 aromatic carbocycles. The number of aliphatic hydroxyl groups is 1. The van der Waals surface area contributed by atoms with Crippen molar-refractivity contribution in [2.24, 2.45) is 0 Å². The molecular weight excluding hydrogens is 416 g/mol. The van der Waals surface area contributed by atoms with E-state index in [1.165, 1.54) is 6.42 Å². The second-order valence-corrected chi connectivity index (χ2v) is 9.31. The van der Waals surface area contributed by atoms with E-state index in [-0.39, 0.29) is 0 Å². The summed E-state index contributed by atoms with van der Waals surface area (Å²) in [4.78, 5) is 23.5. The zero-order valence-electron chi connectivity index (χ0n) is 17.9. The number of nitrogens with zero attached hydrogens (tertiary/aromatic N) is 6. The van der Waals surface area contributed by atoms with Gasteiger partial charge in [-0.2, -0.15) is 9.97 Å². The van der Waals surface area contributed by atoms with Gasteiger partial charge in [-0.05, 0) is 25.7 Å². The minimum atomic E-state index is -0.712. The lowest BCUT2D eigenvalue weighted by atomic mass is 9.85. The molecule has 4 heterocycles. The molecular formula is C21H31ClN8O. The third-order valence-corrected chi connectivity index (χ3v) is 6.90. The molecule has 9 nitrogen and oxygen atoms in total. The predicted molar refractivity (Wildman–Crippen MR) is 123 cm³/mol. The van der Waals surface area contributed by atoms with Crippen LogP contribution in [0.3, 0.4) is 0 Å². The summed E-state index contributed by atoms with van der Waals surface area (Å²) in [5, 5.41) is 17.8. The molecule has 0 radical (unpaired) electrons. The molecule has 2 aliphatic heterocycles. The number of aromatic nitrogens is 4. The van der Waals surface area contributed by atoms with Gasteiger partial charge in [-0.3, -0.25) is 0 Å². The van der Waals surface area contributed by atoms with Crippen LogP contribution in [-0.4, -0.2) is 76.5 Å². The number of piperazine rings is 1. The minimum absolute atomic E-state index is 0.297. The SMILES string of the molecule is OC1(CNc2nc3nc(N4CCNCC4)nc(N4CCCC4)c3nc2Cl)CCCCC1. The van der Waals surface area contributed by atoms with E-state index >= 15 is 0 Å². The number of nitrogens with one attached hydrogen (secondary N) is 2. The first-order valence-electron chi connectivity index (χ1n) is 11.5. The molecule has 0 spiro atoms. The lowest BCUT2D eigenvalue weighted by Crippen LogP contribution is -2.44. The lowest BCUT2D eigenvalue weighted by Gasteiger charge is -2.32. The van der Waals surface area contributed by atoms with Crippen LogP contribution in [0.5, 0.6) is 0 Å². The molecule has 2 saturated heterocycles. The Balaban J connectivity index is 1.49. The van der Waals surface area contributed by atoms with Gasteiger partial charge >= 0.3 is 0 Å². The van der Waals surface area contributed by atoms with Gasteiger partial charge in [0.2, 0.25) is 5.95 Å². The van der Waals surface area contributed by atoms with Gasteiger partial charge in [0, 0.05) is 45.8 Å². The van der Waals surface area contributed by atoms with E-state index in [9.17, 15) is 5.11 Å². The molecule has 0 atom stereocenters. The highest BCUT2D eigenvalue weighted by Crippen LogP contribution is 2.32. The molecule has 2 aromatic heterocycles. The Hall–Kier alpha value is -1.97. The van der Waals surface area contributed by atoms with Crippen molar-refractivity contribution in [3.05, 3.63) is 5.15 Å². The molecule has 0 bridgehead atoms. The third-order valence-electron chi connectivity index (χ3n) is 6.63. The van der Waals surface area contributed by atoms with Gasteiger partial charge in [-0.25, -0.2) is 9.97 Å². The highest BCUT2D eigenvalue weighted by atomic mass is 35.5. The smallest absolute Gasteiger partial charge is 0.229 e. The molecule has 0 amide bonds. The van der Waals surface area contributed by atoms with Crippen molar-refractivity contribution >= 4 is 40.3 Å². The fraction of sp³-hybridized carbons (Fsp3) is 0.714. The fourth-order valence-corrected chi connectivity index (χ4v) is 5.00. The maximum Gasteiger partial charge on any atom is 0.229 e. The minimum Gasteiger partial charge on any atom is -0.388 e. The maximum absolute atomic E-state index is 10.8. The van der Waals surface area contributed by atoms with Crippen molar-refractivity contribution in [1.29, 1.82) is 0 Å². The molecule has 0 unspecified atom stereocenters. The van der Waals surface area contributed by atoms with Crippen LogP contribution in [0.2, 0.25) is 5.15 Å². The molecule has 10 heteroatoms. The standard InChI is InChI=1S/C21H31ClN8O/c22-16-18(24-14-21(31)6-2-1-3-7-21)26-17-15(25-16)19(29-10-4-5-11-29)28-20(27-17)30-12-8-23-9-13-30/h23,31H,1-14H2,(H,24,26,27,28). The van der Waals surface area contributed by atoms with Gasteiger partial charge in [0.05, 0.1) is 5.60 Å². The second-order valence-electron chi connectivity index (χ2n) is 8.95. The van der Waals surface area contributed by atoms with Crippen LogP contribution < -0.4 is 20.4 Å². The van der Waals surface area contributed by atoms with E-state index < -0.39 is 5.60 Å². The predicted octanol–water partition coefficient (Wildman–Crippen LogP) is 2.19. The van der Waals surface area contributed by atoms with E-state index in [0.29, 0.717) is 34.6 Å². The number of halogens is 1. The lowest BCUT2D eigenvalue weighted by molar-refractivity contribution is 0.0166. The van der Waals surface area contributed by atoms with E-state index in [4.69, 9.17) is 26.6 Å². The van der Waals surface area contributed by atoms with Crippen molar-refractivity contribution < 1.29 is 5.11 Å². The average Bonchev–Trinajstić information content (AvgIpc) is 3.33. The van der Waals surface area contributed by atoms with Gasteiger partial charge < -0.3 is 25.5 Å². The fourth-order valence-electron chi connectivity index (χ4n) is 4.80. The van der Waals surface area contributed by atoms with Gasteiger partial charge in [-0.15, -0.1) is 0 Å². The summed E-state index contributed by atoms with van der Waals surface area (Å²) in [5.41, 5.74) is 0.483. The highest BCUT2D eigenvalue weighted by molar-refractivity contribution is 6.32. The van der Waals surface area contributed by atoms with E-state index in [2.05, 4.69) is 25.4 Å². The molecule has 5 rings (SSSR count). The van der Waals surface area contributed by atoms with Crippen LogP contribution >= 0.6 is 11.6 Å². The van der Waals surface area contributed by atoms with Gasteiger partial charge in [0.15, 0.2) is 28.0 Å². The van der Waals surface area contributed by atoms with Gasteiger partial charge in [-0.1, -0.05) is 30.9 Å². The summed E-state index contributed by atoms with van der Waals surface area (Å²) in [7, 11) is 0. The zero-order chi connectivity index (χ0) is 21.3. The van der Waals surface area contributed by atoms with Crippen molar-refractivity contribution in [3.8, 4) is 0 Å². The average molecular weight is 447 g/mol. The van der Waals surface area contributed by atoms with Crippen LogP contribution in [0.1, 0.15) is 44.9 Å². The van der Waals surface area contributed by atoms with Gasteiger partial charge in [0.25, 0.3) is 0 Å². The molecule has 3 fully saturated rings. The Morgan fingerprint density at radius 2 is 1.65 bits per heavy atom. The first-order valence-corrected chi connectivity index (χ1v) is 11.9. The van der Waals surface area contributed by atoms with Crippen LogP contribution in [0.4, 0.5) is 17.6 Å².